The van der Waals surface area contributed by atoms with E-state index in [2.05, 4.69) is 20.5 Å². The van der Waals surface area contributed by atoms with Gasteiger partial charge in [0.2, 0.25) is 5.91 Å². The molecule has 2 heterocycles. The first-order valence-corrected chi connectivity index (χ1v) is 9.50. The largest absolute Gasteiger partial charge is 0.379 e. The second-order valence-corrected chi connectivity index (χ2v) is 6.72. The van der Waals surface area contributed by atoms with Crippen LogP contribution in [0.5, 0.6) is 0 Å². The number of aromatic nitrogens is 1. The van der Waals surface area contributed by atoms with Crippen molar-refractivity contribution in [3.63, 3.8) is 0 Å². The minimum absolute atomic E-state index is 0.0767. The van der Waals surface area contributed by atoms with E-state index in [-0.39, 0.29) is 11.8 Å². The molecule has 0 radical (unpaired) electrons. The predicted molar refractivity (Wildman–Crippen MR) is 107 cm³/mol. The number of nitrogens with zero attached hydrogens (tertiary/aromatic N) is 2. The van der Waals surface area contributed by atoms with Crippen LogP contribution in [-0.4, -0.2) is 61.1 Å². The first-order valence-electron chi connectivity index (χ1n) is 9.50. The van der Waals surface area contributed by atoms with Gasteiger partial charge >= 0.3 is 0 Å². The maximum absolute atomic E-state index is 12.7. The van der Waals surface area contributed by atoms with E-state index in [0.29, 0.717) is 18.8 Å². The fourth-order valence-corrected chi connectivity index (χ4v) is 3.13. The summed E-state index contributed by atoms with van der Waals surface area (Å²) in [6.07, 6.45) is 1.63. The molecule has 1 aromatic carbocycles. The molecule has 2 aromatic rings. The molecule has 2 amide bonds. The minimum Gasteiger partial charge on any atom is -0.379 e. The van der Waals surface area contributed by atoms with Crippen LogP contribution in [0.25, 0.3) is 11.1 Å². The highest BCUT2D eigenvalue weighted by molar-refractivity contribution is 5.98. The fraction of sp³-hybridized carbons (Fsp3) is 0.381. The molecule has 0 saturated carbocycles. The Hall–Kier alpha value is -2.77. The number of rotatable bonds is 7. The predicted octanol–water partition coefficient (Wildman–Crippen LogP) is 1.45. The third kappa shape index (κ3) is 5.61. The quantitative estimate of drug-likeness (QED) is 0.757. The highest BCUT2D eigenvalue weighted by atomic mass is 16.5. The summed E-state index contributed by atoms with van der Waals surface area (Å²) in [5.41, 5.74) is 3.04. The highest BCUT2D eigenvalue weighted by Crippen LogP contribution is 2.23. The van der Waals surface area contributed by atoms with Crippen LogP contribution < -0.4 is 10.6 Å². The van der Waals surface area contributed by atoms with Crippen LogP contribution >= 0.6 is 0 Å². The van der Waals surface area contributed by atoms with E-state index < -0.39 is 0 Å². The van der Waals surface area contributed by atoms with E-state index in [9.17, 15) is 9.59 Å². The maximum Gasteiger partial charge on any atom is 0.270 e. The molecule has 0 bridgehead atoms. The van der Waals surface area contributed by atoms with E-state index in [4.69, 9.17) is 4.74 Å². The third-order valence-corrected chi connectivity index (χ3v) is 4.62. The second-order valence-electron chi connectivity index (χ2n) is 6.72. The van der Waals surface area contributed by atoms with Gasteiger partial charge in [0.15, 0.2) is 0 Å². The van der Waals surface area contributed by atoms with E-state index in [1.807, 2.05) is 36.4 Å². The molecule has 0 atom stereocenters. The van der Waals surface area contributed by atoms with Gasteiger partial charge in [-0.3, -0.25) is 19.5 Å². The van der Waals surface area contributed by atoms with Crippen molar-refractivity contribution in [2.45, 2.75) is 13.5 Å². The lowest BCUT2D eigenvalue weighted by atomic mass is 10.0. The van der Waals surface area contributed by atoms with Crippen molar-refractivity contribution in [1.82, 2.24) is 20.5 Å². The van der Waals surface area contributed by atoms with E-state index in [0.717, 1.165) is 49.5 Å². The van der Waals surface area contributed by atoms with Crippen LogP contribution in [0.3, 0.4) is 0 Å². The molecule has 2 N–H and O–H groups in total. The Morgan fingerprint density at radius 1 is 1.14 bits per heavy atom. The van der Waals surface area contributed by atoms with Crippen molar-refractivity contribution in [2.24, 2.45) is 0 Å². The molecule has 1 fully saturated rings. The van der Waals surface area contributed by atoms with Crippen molar-refractivity contribution >= 4 is 11.8 Å². The van der Waals surface area contributed by atoms with Crippen molar-refractivity contribution in [2.75, 3.05) is 39.4 Å². The number of hydrogen-bond donors (Lipinski definition) is 2. The van der Waals surface area contributed by atoms with Gasteiger partial charge < -0.3 is 15.4 Å². The summed E-state index contributed by atoms with van der Waals surface area (Å²) in [5.74, 6) is -0.261. The van der Waals surface area contributed by atoms with Gasteiger partial charge in [0.05, 0.1) is 13.2 Å². The zero-order chi connectivity index (χ0) is 19.8. The Morgan fingerprint density at radius 3 is 2.75 bits per heavy atom. The second kappa shape index (κ2) is 9.96. The van der Waals surface area contributed by atoms with Gasteiger partial charge in [-0.25, -0.2) is 0 Å². The molecule has 3 rings (SSSR count). The van der Waals surface area contributed by atoms with Gasteiger partial charge in [0, 0.05) is 51.4 Å². The lowest BCUT2D eigenvalue weighted by Crippen LogP contribution is -2.41. The molecular weight excluding hydrogens is 356 g/mol. The number of pyridine rings is 1. The summed E-state index contributed by atoms with van der Waals surface area (Å²) in [5, 5.41) is 5.76. The van der Waals surface area contributed by atoms with Crippen LogP contribution in [0.15, 0.2) is 42.6 Å². The summed E-state index contributed by atoms with van der Waals surface area (Å²) >= 11 is 0. The van der Waals surface area contributed by atoms with Crippen molar-refractivity contribution in [3.05, 3.63) is 53.9 Å². The molecular formula is C21H26N4O3. The van der Waals surface area contributed by atoms with Gasteiger partial charge in [-0.05, 0) is 23.3 Å². The lowest BCUT2D eigenvalue weighted by molar-refractivity contribution is -0.119. The average molecular weight is 382 g/mol. The number of morpholine rings is 1. The first kappa shape index (κ1) is 20.0. The topological polar surface area (TPSA) is 83.6 Å². The van der Waals surface area contributed by atoms with Gasteiger partial charge in [-0.15, -0.1) is 0 Å². The molecule has 0 unspecified atom stereocenters. The zero-order valence-electron chi connectivity index (χ0n) is 16.1. The zero-order valence-corrected chi connectivity index (χ0v) is 16.1. The monoisotopic (exact) mass is 382 g/mol. The standard InChI is InChI=1S/C21H26N4O3/c1-16(26)24-15-17-4-2-5-18(14-17)19-6-3-7-22-20(19)21(27)23-8-9-25-10-12-28-13-11-25/h2-7,14H,8-13,15H2,1H3,(H,23,27)(H,24,26). The van der Waals surface area contributed by atoms with E-state index >= 15 is 0 Å². The van der Waals surface area contributed by atoms with Gasteiger partial charge in [-0.1, -0.05) is 24.3 Å². The fourth-order valence-electron chi connectivity index (χ4n) is 3.13. The minimum atomic E-state index is -0.184. The number of carbonyl (C=O) groups excluding carboxylic acids is 2. The Morgan fingerprint density at radius 2 is 1.96 bits per heavy atom. The van der Waals surface area contributed by atoms with E-state index in [1.54, 1.807) is 6.20 Å². The Labute approximate surface area is 165 Å². The molecule has 1 aromatic heterocycles. The molecule has 0 aliphatic carbocycles. The van der Waals surface area contributed by atoms with Gasteiger partial charge in [0.25, 0.3) is 5.91 Å². The molecule has 1 saturated heterocycles. The molecule has 28 heavy (non-hydrogen) atoms. The Kier molecular flexibility index (Phi) is 7.11. The van der Waals surface area contributed by atoms with Gasteiger partial charge in [0.1, 0.15) is 5.69 Å². The third-order valence-electron chi connectivity index (χ3n) is 4.62. The summed E-state index contributed by atoms with van der Waals surface area (Å²) < 4.78 is 5.34. The number of amides is 2. The van der Waals surface area contributed by atoms with Crippen molar-refractivity contribution in [3.8, 4) is 11.1 Å². The average Bonchev–Trinajstić information content (AvgIpc) is 2.73. The number of hydrogen-bond acceptors (Lipinski definition) is 5. The summed E-state index contributed by atoms with van der Waals surface area (Å²) in [7, 11) is 0. The SMILES string of the molecule is CC(=O)NCc1cccc(-c2cccnc2C(=O)NCCN2CCOCC2)c1. The van der Waals surface area contributed by atoms with Crippen LogP contribution in [0, 0.1) is 0 Å². The smallest absolute Gasteiger partial charge is 0.270 e. The maximum atomic E-state index is 12.7. The number of carbonyl (C=O) groups is 2. The van der Waals surface area contributed by atoms with Crippen molar-refractivity contribution < 1.29 is 14.3 Å². The van der Waals surface area contributed by atoms with E-state index in [1.165, 1.54) is 6.92 Å². The van der Waals surface area contributed by atoms with Crippen LogP contribution in [0.4, 0.5) is 0 Å². The molecule has 7 nitrogen and oxygen atoms in total. The summed E-state index contributed by atoms with van der Waals surface area (Å²) in [6, 6.07) is 11.5. The molecule has 148 valence electrons. The molecule has 7 heteroatoms. The molecule has 0 spiro atoms. The van der Waals surface area contributed by atoms with Crippen LogP contribution in [0.1, 0.15) is 23.0 Å². The Balaban J connectivity index is 1.67. The molecule has 1 aliphatic heterocycles. The molecule has 1 aliphatic rings. The van der Waals surface area contributed by atoms with Gasteiger partial charge in [-0.2, -0.15) is 0 Å². The summed E-state index contributed by atoms with van der Waals surface area (Å²) in [4.78, 5) is 30.4. The first-order chi connectivity index (χ1) is 13.6. The highest BCUT2D eigenvalue weighted by Gasteiger charge is 2.15. The number of benzene rings is 1. The van der Waals surface area contributed by atoms with Crippen LogP contribution in [-0.2, 0) is 16.1 Å². The number of nitrogens with one attached hydrogen (secondary N) is 2. The van der Waals surface area contributed by atoms with Crippen molar-refractivity contribution in [1.29, 1.82) is 0 Å². The summed E-state index contributed by atoms with van der Waals surface area (Å²) in [6.45, 7) is 6.58. The lowest BCUT2D eigenvalue weighted by Gasteiger charge is -2.26. The van der Waals surface area contributed by atoms with Crippen LogP contribution in [0.2, 0.25) is 0 Å². The Bertz CT molecular complexity index is 819. The normalized spacial score (nSPS) is 14.5. The number of ether oxygens (including phenoxy) is 1.